The van der Waals surface area contributed by atoms with Crippen LogP contribution in [0.25, 0.3) is 0 Å². The Morgan fingerprint density at radius 2 is 2.47 bits per heavy atom. The Hall–Kier alpha value is -1.10. The fourth-order valence-corrected chi connectivity index (χ4v) is 1.74. The first-order chi connectivity index (χ1) is 7.24. The molecule has 1 aromatic heterocycles. The summed E-state index contributed by atoms with van der Waals surface area (Å²) in [6.07, 6.45) is 3.20. The molecule has 0 bridgehead atoms. The number of thioether (sulfide) groups is 1. The van der Waals surface area contributed by atoms with E-state index < -0.39 is 0 Å². The van der Waals surface area contributed by atoms with E-state index in [1.807, 2.05) is 13.0 Å². The number of esters is 1. The summed E-state index contributed by atoms with van der Waals surface area (Å²) in [6.45, 7) is 4.07. The van der Waals surface area contributed by atoms with Gasteiger partial charge in [0.1, 0.15) is 6.33 Å². The van der Waals surface area contributed by atoms with Crippen LogP contribution >= 0.6 is 11.8 Å². The Kier molecular flexibility index (Phi) is 5.10. The molecule has 0 amide bonds. The van der Waals surface area contributed by atoms with E-state index in [0.29, 0.717) is 12.4 Å². The molecule has 82 valence electrons. The van der Waals surface area contributed by atoms with Crippen molar-refractivity contribution in [2.75, 3.05) is 6.61 Å². The molecule has 0 aliphatic rings. The van der Waals surface area contributed by atoms with Gasteiger partial charge in [-0.25, -0.2) is 9.97 Å². The quantitative estimate of drug-likeness (QED) is 0.715. The van der Waals surface area contributed by atoms with Crippen LogP contribution in [-0.2, 0) is 15.3 Å². The zero-order valence-electron chi connectivity index (χ0n) is 8.84. The largest absolute Gasteiger partial charge is 0.465 e. The third kappa shape index (κ3) is 4.29. The lowest BCUT2D eigenvalue weighted by molar-refractivity contribution is -0.142. The van der Waals surface area contributed by atoms with Crippen molar-refractivity contribution in [2.45, 2.75) is 24.9 Å². The summed E-state index contributed by atoms with van der Waals surface area (Å²) in [7, 11) is 0. The van der Waals surface area contributed by atoms with Gasteiger partial charge in [-0.15, -0.1) is 11.8 Å². The summed E-state index contributed by atoms with van der Waals surface area (Å²) in [5.74, 6) is 0.527. The third-order valence-corrected chi connectivity index (χ3v) is 2.90. The van der Waals surface area contributed by atoms with E-state index in [9.17, 15) is 4.79 Å². The fraction of sp³-hybridized carbons (Fsp3) is 0.500. The van der Waals surface area contributed by atoms with Crippen LogP contribution in [0.1, 0.15) is 19.5 Å². The number of ether oxygens (including phenoxy) is 1. The maximum Gasteiger partial charge on any atom is 0.318 e. The second-order valence-corrected chi connectivity index (χ2v) is 4.24. The minimum Gasteiger partial charge on any atom is -0.465 e. The Morgan fingerprint density at radius 1 is 1.67 bits per heavy atom. The molecule has 5 heteroatoms. The maximum atomic E-state index is 11.3. The summed E-state index contributed by atoms with van der Waals surface area (Å²) in [4.78, 5) is 19.2. The Morgan fingerprint density at radius 3 is 3.07 bits per heavy atom. The Balaban J connectivity index is 2.34. The number of hydrogen-bond donors (Lipinski definition) is 0. The average Bonchev–Trinajstić information content (AvgIpc) is 2.27. The first-order valence-corrected chi connectivity index (χ1v) is 5.82. The predicted octanol–water partition coefficient (Wildman–Crippen LogP) is 1.66. The maximum absolute atomic E-state index is 11.3. The van der Waals surface area contributed by atoms with Crippen molar-refractivity contribution in [2.24, 2.45) is 0 Å². The van der Waals surface area contributed by atoms with Crippen molar-refractivity contribution in [1.82, 2.24) is 9.97 Å². The Bertz CT molecular complexity index is 306. The first-order valence-electron chi connectivity index (χ1n) is 4.77. The highest BCUT2D eigenvalue weighted by molar-refractivity contribution is 7.99. The number of nitrogens with zero attached hydrogens (tertiary/aromatic N) is 2. The molecule has 0 aliphatic heterocycles. The lowest BCUT2D eigenvalue weighted by atomic mass is 10.5. The van der Waals surface area contributed by atoms with Gasteiger partial charge in [0.2, 0.25) is 0 Å². The van der Waals surface area contributed by atoms with Crippen LogP contribution in [0.2, 0.25) is 0 Å². The highest BCUT2D eigenvalue weighted by atomic mass is 32.2. The Labute approximate surface area is 93.5 Å². The van der Waals surface area contributed by atoms with Gasteiger partial charge < -0.3 is 4.74 Å². The zero-order valence-corrected chi connectivity index (χ0v) is 9.66. The standard InChI is InChI=1S/C10H14N2O2S/c1-3-14-10(13)8(2)15-6-9-4-5-11-7-12-9/h4-5,7-8H,3,6H2,1-2H3. The van der Waals surface area contributed by atoms with Crippen molar-refractivity contribution in [3.8, 4) is 0 Å². The lowest BCUT2D eigenvalue weighted by Gasteiger charge is -2.09. The molecule has 1 unspecified atom stereocenters. The van der Waals surface area contributed by atoms with Crippen molar-refractivity contribution < 1.29 is 9.53 Å². The minimum atomic E-state index is -0.170. The third-order valence-electron chi connectivity index (χ3n) is 1.74. The molecule has 15 heavy (non-hydrogen) atoms. The molecule has 1 atom stereocenters. The molecule has 1 rings (SSSR count). The van der Waals surface area contributed by atoms with Crippen LogP contribution in [0.5, 0.6) is 0 Å². The molecule has 4 nitrogen and oxygen atoms in total. The average molecular weight is 226 g/mol. The second kappa shape index (κ2) is 6.40. The summed E-state index contributed by atoms with van der Waals surface area (Å²) in [5, 5.41) is -0.153. The van der Waals surface area contributed by atoms with Crippen molar-refractivity contribution in [3.63, 3.8) is 0 Å². The topological polar surface area (TPSA) is 52.1 Å². The van der Waals surface area contributed by atoms with Gasteiger partial charge in [-0.05, 0) is 19.9 Å². The monoisotopic (exact) mass is 226 g/mol. The van der Waals surface area contributed by atoms with E-state index in [1.165, 1.54) is 18.1 Å². The summed E-state index contributed by atoms with van der Waals surface area (Å²) >= 11 is 1.51. The van der Waals surface area contributed by atoms with Gasteiger partial charge in [-0.3, -0.25) is 4.79 Å². The van der Waals surface area contributed by atoms with Crippen LogP contribution in [-0.4, -0.2) is 27.8 Å². The van der Waals surface area contributed by atoms with Crippen LogP contribution in [0.3, 0.4) is 0 Å². The van der Waals surface area contributed by atoms with Crippen LogP contribution in [0, 0.1) is 0 Å². The number of carbonyl (C=O) groups is 1. The van der Waals surface area contributed by atoms with Gasteiger partial charge in [0, 0.05) is 11.9 Å². The summed E-state index contributed by atoms with van der Waals surface area (Å²) < 4.78 is 4.90. The first kappa shape index (κ1) is 12.0. The second-order valence-electron chi connectivity index (χ2n) is 2.91. The molecule has 1 aromatic rings. The van der Waals surface area contributed by atoms with Gasteiger partial charge in [-0.1, -0.05) is 0 Å². The van der Waals surface area contributed by atoms with Gasteiger partial charge in [0.05, 0.1) is 17.6 Å². The van der Waals surface area contributed by atoms with E-state index in [1.54, 1.807) is 13.1 Å². The zero-order chi connectivity index (χ0) is 11.1. The van der Waals surface area contributed by atoms with Crippen LogP contribution in [0.4, 0.5) is 0 Å². The molecule has 0 radical (unpaired) electrons. The van der Waals surface area contributed by atoms with Crippen molar-refractivity contribution in [1.29, 1.82) is 0 Å². The van der Waals surface area contributed by atoms with E-state index in [0.717, 1.165) is 5.69 Å². The van der Waals surface area contributed by atoms with Crippen molar-refractivity contribution >= 4 is 17.7 Å². The molecule has 0 aromatic carbocycles. The van der Waals surface area contributed by atoms with Gasteiger partial charge >= 0.3 is 5.97 Å². The van der Waals surface area contributed by atoms with Gasteiger partial charge in [-0.2, -0.15) is 0 Å². The molecular weight excluding hydrogens is 212 g/mol. The van der Waals surface area contributed by atoms with Crippen LogP contribution in [0.15, 0.2) is 18.6 Å². The molecule has 0 spiro atoms. The molecule has 0 saturated carbocycles. The fourth-order valence-electron chi connectivity index (χ4n) is 0.942. The summed E-state index contributed by atoms with van der Waals surface area (Å²) in [5.41, 5.74) is 0.922. The molecule has 0 saturated heterocycles. The molecule has 0 fully saturated rings. The van der Waals surface area contributed by atoms with E-state index in [-0.39, 0.29) is 11.2 Å². The number of carbonyl (C=O) groups excluding carboxylic acids is 1. The van der Waals surface area contributed by atoms with E-state index >= 15 is 0 Å². The lowest BCUT2D eigenvalue weighted by Crippen LogP contribution is -2.16. The molecular formula is C10H14N2O2S. The number of aromatic nitrogens is 2. The predicted molar refractivity (Wildman–Crippen MR) is 59.4 cm³/mol. The summed E-state index contributed by atoms with van der Waals surface area (Å²) in [6, 6.07) is 1.84. The highest BCUT2D eigenvalue weighted by Crippen LogP contribution is 2.16. The van der Waals surface area contributed by atoms with E-state index in [4.69, 9.17) is 4.74 Å². The highest BCUT2D eigenvalue weighted by Gasteiger charge is 2.14. The minimum absolute atomic E-state index is 0.153. The molecule has 1 heterocycles. The van der Waals surface area contributed by atoms with Gasteiger partial charge in [0.25, 0.3) is 0 Å². The molecule has 0 N–H and O–H groups in total. The van der Waals surface area contributed by atoms with Crippen LogP contribution < -0.4 is 0 Å². The SMILES string of the molecule is CCOC(=O)C(C)SCc1ccncn1. The number of hydrogen-bond acceptors (Lipinski definition) is 5. The normalized spacial score (nSPS) is 12.1. The number of rotatable bonds is 5. The molecule has 0 aliphatic carbocycles. The van der Waals surface area contributed by atoms with E-state index in [2.05, 4.69) is 9.97 Å². The van der Waals surface area contributed by atoms with Crippen molar-refractivity contribution in [3.05, 3.63) is 24.3 Å². The smallest absolute Gasteiger partial charge is 0.318 e. The van der Waals surface area contributed by atoms with Gasteiger partial charge in [0.15, 0.2) is 0 Å².